The molecule has 144 valence electrons. The van der Waals surface area contributed by atoms with Crippen molar-refractivity contribution in [3.63, 3.8) is 0 Å². The molecule has 2 aromatic carbocycles. The van der Waals surface area contributed by atoms with Crippen LogP contribution in [0.3, 0.4) is 0 Å². The number of aromatic nitrogens is 3. The second kappa shape index (κ2) is 7.01. The fourth-order valence-electron chi connectivity index (χ4n) is 3.70. The van der Waals surface area contributed by atoms with Crippen LogP contribution in [0, 0.1) is 5.82 Å². The summed E-state index contributed by atoms with van der Waals surface area (Å²) in [6.45, 7) is 1.68. The number of hydrogen-bond donors (Lipinski definition) is 1. The Morgan fingerprint density at radius 2 is 1.90 bits per heavy atom. The van der Waals surface area contributed by atoms with Crippen LogP contribution < -0.4 is 10.2 Å². The summed E-state index contributed by atoms with van der Waals surface area (Å²) in [5, 5.41) is 7.01. The number of benzene rings is 2. The zero-order valence-corrected chi connectivity index (χ0v) is 15.5. The van der Waals surface area contributed by atoms with Crippen molar-refractivity contribution < 1.29 is 9.18 Å². The van der Waals surface area contributed by atoms with E-state index < -0.39 is 11.7 Å². The Balaban J connectivity index is 1.44. The van der Waals surface area contributed by atoms with Crippen molar-refractivity contribution in [2.75, 3.05) is 16.8 Å². The van der Waals surface area contributed by atoms with Crippen LogP contribution in [0.4, 0.5) is 16.0 Å². The van der Waals surface area contributed by atoms with Crippen molar-refractivity contribution in [3.05, 3.63) is 89.4 Å². The molecular formula is C22H18FN5O. The Kier molecular flexibility index (Phi) is 4.20. The highest BCUT2D eigenvalue weighted by Gasteiger charge is 2.20. The van der Waals surface area contributed by atoms with Crippen molar-refractivity contribution in [1.82, 2.24) is 14.6 Å². The molecule has 2 aromatic heterocycles. The third-order valence-electron chi connectivity index (χ3n) is 5.13. The number of carbonyl (C=O) groups is 1. The largest absolute Gasteiger partial charge is 0.364 e. The number of carbonyl (C=O) groups excluding carboxylic acids is 1. The maximum atomic E-state index is 13.4. The first-order valence-corrected chi connectivity index (χ1v) is 9.41. The van der Waals surface area contributed by atoms with E-state index in [0.29, 0.717) is 5.65 Å². The molecule has 1 aliphatic rings. The first kappa shape index (κ1) is 17.4. The van der Waals surface area contributed by atoms with Gasteiger partial charge in [-0.2, -0.15) is 4.98 Å². The van der Waals surface area contributed by atoms with Crippen molar-refractivity contribution in [2.45, 2.75) is 13.0 Å². The van der Waals surface area contributed by atoms with Gasteiger partial charge in [0, 0.05) is 24.8 Å². The fourth-order valence-corrected chi connectivity index (χ4v) is 3.70. The minimum Gasteiger partial charge on any atom is -0.364 e. The number of anilines is 2. The van der Waals surface area contributed by atoms with Crippen LogP contribution in [0.1, 0.15) is 21.5 Å². The van der Waals surface area contributed by atoms with E-state index in [1.54, 1.807) is 16.8 Å². The van der Waals surface area contributed by atoms with Crippen molar-refractivity contribution in [1.29, 1.82) is 0 Å². The van der Waals surface area contributed by atoms with Gasteiger partial charge in [0.05, 0.1) is 5.69 Å². The van der Waals surface area contributed by atoms with Gasteiger partial charge in [-0.25, -0.2) is 8.91 Å². The first-order valence-electron chi connectivity index (χ1n) is 9.41. The number of nitrogens with zero attached hydrogens (tertiary/aromatic N) is 4. The predicted octanol–water partition coefficient (Wildman–Crippen LogP) is 3.68. The molecule has 7 heteroatoms. The molecule has 29 heavy (non-hydrogen) atoms. The number of hydrogen-bond acceptors (Lipinski definition) is 4. The molecule has 5 rings (SSSR count). The van der Waals surface area contributed by atoms with Crippen molar-refractivity contribution >= 4 is 23.2 Å². The maximum absolute atomic E-state index is 13.4. The predicted molar refractivity (Wildman–Crippen MR) is 109 cm³/mol. The molecule has 4 aromatic rings. The summed E-state index contributed by atoms with van der Waals surface area (Å²) < 4.78 is 15.0. The molecule has 0 saturated heterocycles. The third-order valence-corrected chi connectivity index (χ3v) is 5.13. The highest BCUT2D eigenvalue weighted by atomic mass is 19.1. The summed E-state index contributed by atoms with van der Waals surface area (Å²) in [4.78, 5) is 19.2. The molecule has 6 nitrogen and oxygen atoms in total. The normalized spacial score (nSPS) is 13.3. The van der Waals surface area contributed by atoms with E-state index >= 15 is 0 Å². The Labute approximate surface area is 166 Å². The highest BCUT2D eigenvalue weighted by molar-refractivity contribution is 6.03. The van der Waals surface area contributed by atoms with Gasteiger partial charge in [0.25, 0.3) is 5.91 Å². The maximum Gasteiger partial charge on any atom is 0.258 e. The highest BCUT2D eigenvalue weighted by Crippen LogP contribution is 2.27. The molecule has 0 fully saturated rings. The second-order valence-corrected chi connectivity index (χ2v) is 7.00. The van der Waals surface area contributed by atoms with Gasteiger partial charge in [-0.1, -0.05) is 30.3 Å². The Morgan fingerprint density at radius 3 is 2.76 bits per heavy atom. The molecule has 3 heterocycles. The van der Waals surface area contributed by atoms with Gasteiger partial charge in [0.2, 0.25) is 5.95 Å². The van der Waals surface area contributed by atoms with Crippen LogP contribution >= 0.6 is 0 Å². The lowest BCUT2D eigenvalue weighted by molar-refractivity contribution is 0.102. The molecule has 0 saturated carbocycles. The lowest BCUT2D eigenvalue weighted by Crippen LogP contribution is -2.30. The summed E-state index contributed by atoms with van der Waals surface area (Å²) >= 11 is 0. The number of rotatable bonds is 3. The quantitative estimate of drug-likeness (QED) is 0.583. The fraction of sp³-hybridized carbons (Fsp3) is 0.136. The van der Waals surface area contributed by atoms with Gasteiger partial charge in [0.15, 0.2) is 5.65 Å². The van der Waals surface area contributed by atoms with Crippen LogP contribution in [-0.4, -0.2) is 27.0 Å². The number of fused-ring (bicyclic) bond motifs is 2. The number of amides is 1. The molecule has 0 bridgehead atoms. The van der Waals surface area contributed by atoms with Crippen molar-refractivity contribution in [2.24, 2.45) is 0 Å². The Morgan fingerprint density at radius 1 is 1.03 bits per heavy atom. The van der Waals surface area contributed by atoms with E-state index in [-0.39, 0.29) is 11.5 Å². The minimum absolute atomic E-state index is 0.184. The summed E-state index contributed by atoms with van der Waals surface area (Å²) in [5.74, 6) is -0.730. The number of nitrogens with one attached hydrogen (secondary N) is 1. The minimum atomic E-state index is -0.465. The van der Waals surface area contributed by atoms with Crippen LogP contribution in [-0.2, 0) is 13.0 Å². The van der Waals surface area contributed by atoms with Gasteiger partial charge in [-0.15, -0.1) is 5.10 Å². The molecule has 0 radical (unpaired) electrons. The standard InChI is InChI=1S/C22H18FN5O/c23-18-8-3-7-16(13-18)21(29)25-22-24-20-19(9-4-11-28(20)26-22)27-12-10-15-5-1-2-6-17(15)14-27/h1-9,11,13H,10,12,14H2,(H,25,26,29). The lowest BCUT2D eigenvalue weighted by Gasteiger charge is -2.30. The zero-order chi connectivity index (χ0) is 19.8. The van der Waals surface area contributed by atoms with E-state index in [1.807, 2.05) is 12.1 Å². The van der Waals surface area contributed by atoms with Gasteiger partial charge in [-0.3, -0.25) is 10.1 Å². The topological polar surface area (TPSA) is 62.5 Å². The van der Waals surface area contributed by atoms with Gasteiger partial charge in [-0.05, 0) is 47.9 Å². The average Bonchev–Trinajstić information content (AvgIpc) is 3.16. The Hall–Kier alpha value is -3.74. The zero-order valence-electron chi connectivity index (χ0n) is 15.5. The molecule has 1 aliphatic heterocycles. The summed E-state index contributed by atoms with van der Waals surface area (Å²) in [6, 6.07) is 17.9. The SMILES string of the molecule is O=C(Nc1nc2c(N3CCc4ccccc4C3)cccn2n1)c1cccc(F)c1. The molecule has 0 atom stereocenters. The van der Waals surface area contributed by atoms with Gasteiger partial charge in [0.1, 0.15) is 5.82 Å². The Bertz CT molecular complexity index is 1220. The third kappa shape index (κ3) is 3.31. The van der Waals surface area contributed by atoms with E-state index in [1.165, 1.54) is 29.3 Å². The van der Waals surface area contributed by atoms with E-state index in [2.05, 4.69) is 44.6 Å². The molecule has 0 unspecified atom stereocenters. The monoisotopic (exact) mass is 387 g/mol. The van der Waals surface area contributed by atoms with Gasteiger partial charge < -0.3 is 4.90 Å². The van der Waals surface area contributed by atoms with E-state index in [4.69, 9.17) is 0 Å². The van der Waals surface area contributed by atoms with Crippen LogP contribution in [0.25, 0.3) is 5.65 Å². The smallest absolute Gasteiger partial charge is 0.258 e. The molecule has 0 spiro atoms. The first-order chi connectivity index (χ1) is 14.2. The number of halogens is 1. The summed E-state index contributed by atoms with van der Waals surface area (Å²) in [7, 11) is 0. The molecule has 0 aliphatic carbocycles. The van der Waals surface area contributed by atoms with E-state index in [9.17, 15) is 9.18 Å². The average molecular weight is 387 g/mol. The molecule has 1 N–H and O–H groups in total. The number of pyridine rings is 1. The summed E-state index contributed by atoms with van der Waals surface area (Å²) in [5.41, 5.74) is 4.53. The van der Waals surface area contributed by atoms with Crippen LogP contribution in [0.5, 0.6) is 0 Å². The van der Waals surface area contributed by atoms with Gasteiger partial charge >= 0.3 is 0 Å². The van der Waals surface area contributed by atoms with Crippen molar-refractivity contribution in [3.8, 4) is 0 Å². The summed E-state index contributed by atoms with van der Waals surface area (Å²) in [6.07, 6.45) is 2.76. The van der Waals surface area contributed by atoms with E-state index in [0.717, 1.165) is 25.2 Å². The molecular weight excluding hydrogens is 369 g/mol. The molecule has 1 amide bonds. The second-order valence-electron chi connectivity index (χ2n) is 7.00. The van der Waals surface area contributed by atoms with Crippen LogP contribution in [0.15, 0.2) is 66.9 Å². The van der Waals surface area contributed by atoms with Crippen LogP contribution in [0.2, 0.25) is 0 Å². The lowest BCUT2D eigenvalue weighted by atomic mass is 9.99.